The number of hydrogen-bond donors (Lipinski definition) is 1. The molecule has 6 rings (SSSR count). The van der Waals surface area contributed by atoms with E-state index in [1.165, 1.54) is 10.8 Å². The van der Waals surface area contributed by atoms with E-state index in [0.29, 0.717) is 5.11 Å². The van der Waals surface area contributed by atoms with E-state index in [1.54, 1.807) is 7.11 Å². The second-order valence-electron chi connectivity index (χ2n) is 8.53. The molecule has 1 saturated heterocycles. The van der Waals surface area contributed by atoms with E-state index < -0.39 is 0 Å². The maximum atomic E-state index is 5.89. The monoisotopic (exact) mass is 476 g/mol. The van der Waals surface area contributed by atoms with Crippen molar-refractivity contribution in [2.24, 2.45) is 0 Å². The van der Waals surface area contributed by atoms with Gasteiger partial charge >= 0.3 is 0 Å². The highest BCUT2D eigenvalue weighted by Crippen LogP contribution is 2.43. The van der Waals surface area contributed by atoms with Gasteiger partial charge in [0.2, 0.25) is 0 Å². The Kier molecular flexibility index (Phi) is 5.43. The van der Waals surface area contributed by atoms with Gasteiger partial charge in [-0.05, 0) is 71.5 Å². The molecule has 0 amide bonds. The molecule has 3 aromatic carbocycles. The molecular formula is C29H24N4OS. The van der Waals surface area contributed by atoms with Crippen molar-refractivity contribution in [3.63, 3.8) is 0 Å². The summed E-state index contributed by atoms with van der Waals surface area (Å²) in [7, 11) is 1.68. The minimum Gasteiger partial charge on any atom is -0.497 e. The first-order valence-corrected chi connectivity index (χ1v) is 11.9. The summed E-state index contributed by atoms with van der Waals surface area (Å²) >= 11 is 5.89. The van der Waals surface area contributed by atoms with Gasteiger partial charge in [0, 0.05) is 35.5 Å². The van der Waals surface area contributed by atoms with Crippen LogP contribution in [-0.4, -0.2) is 21.8 Å². The second-order valence-corrected chi connectivity index (χ2v) is 8.92. The van der Waals surface area contributed by atoms with Crippen LogP contribution >= 0.6 is 12.2 Å². The molecule has 0 radical (unpaired) electrons. The zero-order chi connectivity index (χ0) is 23.8. The number of thiocarbonyl (C=S) groups is 1. The molecule has 35 heavy (non-hydrogen) atoms. The number of ether oxygens (including phenoxy) is 1. The van der Waals surface area contributed by atoms with E-state index >= 15 is 0 Å². The van der Waals surface area contributed by atoms with Crippen molar-refractivity contribution in [2.75, 3.05) is 12.0 Å². The molecule has 0 aliphatic carbocycles. The SMILES string of the molecule is COc1cccc(N2C(=S)NC(c3ccccn3)C2c2cccn2-c2ccc3ccccc3c2)c1. The van der Waals surface area contributed by atoms with Gasteiger partial charge in [0.15, 0.2) is 5.11 Å². The first kappa shape index (κ1) is 21.4. The van der Waals surface area contributed by atoms with Gasteiger partial charge in [-0.15, -0.1) is 0 Å². The number of rotatable bonds is 5. The first-order valence-electron chi connectivity index (χ1n) is 11.5. The molecule has 2 atom stereocenters. The Hall–Kier alpha value is -4.16. The van der Waals surface area contributed by atoms with Crippen LogP contribution in [0.5, 0.6) is 5.75 Å². The van der Waals surface area contributed by atoms with Gasteiger partial charge in [-0.2, -0.15) is 0 Å². The van der Waals surface area contributed by atoms with Crippen LogP contribution in [0.1, 0.15) is 23.5 Å². The number of benzene rings is 3. The molecule has 1 fully saturated rings. The molecule has 2 aromatic heterocycles. The fraction of sp³-hybridized carbons (Fsp3) is 0.103. The zero-order valence-corrected chi connectivity index (χ0v) is 20.0. The Balaban J connectivity index is 1.51. The number of anilines is 1. The molecule has 2 unspecified atom stereocenters. The standard InChI is InChI=1S/C29H24N4OS/c1-34-24-11-6-10-23(19-24)33-28(27(31-29(33)35)25-12-4-5-16-30-25)26-13-7-17-32(26)22-15-14-20-8-2-3-9-21(20)18-22/h2-19,27-28H,1H3,(H,31,35). The molecule has 1 aliphatic heterocycles. The summed E-state index contributed by atoms with van der Waals surface area (Å²) in [6, 6.07) is 33.0. The van der Waals surface area contributed by atoms with Crippen LogP contribution in [0.25, 0.3) is 16.5 Å². The number of pyridine rings is 1. The van der Waals surface area contributed by atoms with E-state index in [2.05, 4.69) is 86.6 Å². The van der Waals surface area contributed by atoms with Crippen LogP contribution in [-0.2, 0) is 0 Å². The molecule has 172 valence electrons. The van der Waals surface area contributed by atoms with Crippen molar-refractivity contribution in [2.45, 2.75) is 12.1 Å². The summed E-state index contributed by atoms with van der Waals surface area (Å²) in [4.78, 5) is 6.85. The van der Waals surface area contributed by atoms with Gasteiger partial charge in [-0.1, -0.05) is 42.5 Å². The highest BCUT2D eigenvalue weighted by Gasteiger charge is 2.42. The highest BCUT2D eigenvalue weighted by atomic mass is 32.1. The van der Waals surface area contributed by atoms with Crippen LogP contribution in [0.3, 0.4) is 0 Å². The van der Waals surface area contributed by atoms with E-state index in [-0.39, 0.29) is 12.1 Å². The lowest BCUT2D eigenvalue weighted by Gasteiger charge is -2.29. The Labute approximate surface area is 209 Å². The maximum Gasteiger partial charge on any atom is 0.174 e. The van der Waals surface area contributed by atoms with Gasteiger partial charge < -0.3 is 19.5 Å². The van der Waals surface area contributed by atoms with E-state index in [9.17, 15) is 0 Å². The average molecular weight is 477 g/mol. The van der Waals surface area contributed by atoms with Crippen molar-refractivity contribution < 1.29 is 4.74 Å². The molecular weight excluding hydrogens is 452 g/mol. The third-order valence-electron chi connectivity index (χ3n) is 6.52. The molecule has 1 N–H and O–H groups in total. The first-order chi connectivity index (χ1) is 17.2. The number of hydrogen-bond acceptors (Lipinski definition) is 3. The Bertz CT molecular complexity index is 1510. The summed E-state index contributed by atoms with van der Waals surface area (Å²) < 4.78 is 7.76. The van der Waals surface area contributed by atoms with Gasteiger partial charge in [0.25, 0.3) is 0 Å². The van der Waals surface area contributed by atoms with Crippen molar-refractivity contribution in [1.82, 2.24) is 14.9 Å². The lowest BCUT2D eigenvalue weighted by atomic mass is 10.0. The number of fused-ring (bicyclic) bond motifs is 1. The molecule has 0 saturated carbocycles. The van der Waals surface area contributed by atoms with Crippen LogP contribution in [0.15, 0.2) is 109 Å². The van der Waals surface area contributed by atoms with E-state index in [1.807, 2.05) is 42.6 Å². The lowest BCUT2D eigenvalue weighted by Crippen LogP contribution is -2.30. The van der Waals surface area contributed by atoms with E-state index in [4.69, 9.17) is 17.0 Å². The summed E-state index contributed by atoms with van der Waals surface area (Å²) in [6.07, 6.45) is 3.94. The van der Waals surface area contributed by atoms with Crippen LogP contribution in [0.2, 0.25) is 0 Å². The van der Waals surface area contributed by atoms with Crippen molar-refractivity contribution in [3.05, 3.63) is 121 Å². The minimum atomic E-state index is -0.121. The lowest BCUT2D eigenvalue weighted by molar-refractivity contribution is 0.414. The van der Waals surface area contributed by atoms with Gasteiger partial charge in [0.05, 0.1) is 18.8 Å². The second kappa shape index (κ2) is 8.89. The maximum absolute atomic E-state index is 5.89. The van der Waals surface area contributed by atoms with Crippen molar-refractivity contribution in [3.8, 4) is 11.4 Å². The van der Waals surface area contributed by atoms with Gasteiger partial charge in [0.1, 0.15) is 11.8 Å². The van der Waals surface area contributed by atoms with Crippen molar-refractivity contribution >= 4 is 33.8 Å². The number of nitrogens with one attached hydrogen (secondary N) is 1. The normalized spacial score (nSPS) is 17.5. The number of methoxy groups -OCH3 is 1. The zero-order valence-electron chi connectivity index (χ0n) is 19.2. The fourth-order valence-corrected chi connectivity index (χ4v) is 5.24. The summed E-state index contributed by atoms with van der Waals surface area (Å²) in [5.74, 6) is 0.787. The molecule has 0 bridgehead atoms. The molecule has 3 heterocycles. The third kappa shape index (κ3) is 3.82. The average Bonchev–Trinajstić information content (AvgIpc) is 3.53. The minimum absolute atomic E-state index is 0.119. The fourth-order valence-electron chi connectivity index (χ4n) is 4.89. The predicted molar refractivity (Wildman–Crippen MR) is 144 cm³/mol. The van der Waals surface area contributed by atoms with E-state index in [0.717, 1.165) is 28.5 Å². The number of nitrogens with zero attached hydrogens (tertiary/aromatic N) is 3. The molecule has 1 aliphatic rings. The predicted octanol–water partition coefficient (Wildman–Crippen LogP) is 6.21. The number of aromatic nitrogens is 2. The molecule has 5 aromatic rings. The topological polar surface area (TPSA) is 42.3 Å². The summed E-state index contributed by atoms with van der Waals surface area (Å²) in [6.45, 7) is 0. The summed E-state index contributed by atoms with van der Waals surface area (Å²) in [5, 5.41) is 6.63. The molecule has 0 spiro atoms. The quantitative estimate of drug-likeness (QED) is 0.306. The smallest absolute Gasteiger partial charge is 0.174 e. The Morgan fingerprint density at radius 2 is 1.69 bits per heavy atom. The molecule has 6 heteroatoms. The summed E-state index contributed by atoms with van der Waals surface area (Å²) in [5.41, 5.74) is 4.13. The third-order valence-corrected chi connectivity index (χ3v) is 6.84. The van der Waals surface area contributed by atoms with Crippen molar-refractivity contribution in [1.29, 1.82) is 0 Å². The van der Waals surface area contributed by atoms with Gasteiger partial charge in [-0.25, -0.2) is 0 Å². The van der Waals surface area contributed by atoms with Crippen LogP contribution < -0.4 is 15.0 Å². The Morgan fingerprint density at radius 3 is 2.51 bits per heavy atom. The Morgan fingerprint density at radius 1 is 0.829 bits per heavy atom. The van der Waals surface area contributed by atoms with Gasteiger partial charge in [-0.3, -0.25) is 4.98 Å². The van der Waals surface area contributed by atoms with Crippen LogP contribution in [0, 0.1) is 0 Å². The largest absolute Gasteiger partial charge is 0.497 e. The van der Waals surface area contributed by atoms with Crippen LogP contribution in [0.4, 0.5) is 5.69 Å². The highest BCUT2D eigenvalue weighted by molar-refractivity contribution is 7.80. The molecule has 5 nitrogen and oxygen atoms in total.